The fraction of sp³-hybridized carbons (Fsp3) is 0.308. The first-order chi connectivity index (χ1) is 16.9. The van der Waals surface area contributed by atoms with Gasteiger partial charge in [0.25, 0.3) is 5.92 Å². The molecule has 0 unspecified atom stereocenters. The highest BCUT2D eigenvalue weighted by Crippen LogP contribution is 2.42. The molecular formula is C26H25F2N5O2. The van der Waals surface area contributed by atoms with Crippen LogP contribution in [0, 0.1) is 0 Å². The largest absolute Gasteiger partial charge is 0.481 e. The highest BCUT2D eigenvalue weighted by molar-refractivity contribution is 5.92. The number of carbonyl (C=O) groups excluding carboxylic acids is 1. The molecule has 1 aromatic carbocycles. The molecule has 0 aliphatic heterocycles. The molecule has 0 bridgehead atoms. The first-order valence-corrected chi connectivity index (χ1v) is 11.5. The van der Waals surface area contributed by atoms with Crippen LogP contribution in [0.1, 0.15) is 48.9 Å². The van der Waals surface area contributed by atoms with Crippen LogP contribution in [0.2, 0.25) is 0 Å². The number of nitrogens with zero attached hydrogens (tertiary/aromatic N) is 3. The molecule has 0 radical (unpaired) electrons. The van der Waals surface area contributed by atoms with Crippen LogP contribution in [0.3, 0.4) is 0 Å². The van der Waals surface area contributed by atoms with Crippen molar-refractivity contribution in [1.82, 2.24) is 20.2 Å². The van der Waals surface area contributed by atoms with E-state index in [1.165, 1.54) is 39.1 Å². The number of fused-ring (bicyclic) bond motifs is 1. The van der Waals surface area contributed by atoms with Crippen LogP contribution >= 0.6 is 0 Å². The van der Waals surface area contributed by atoms with E-state index in [4.69, 9.17) is 4.74 Å². The topological polar surface area (TPSA) is 92.8 Å². The average Bonchev–Trinajstić information content (AvgIpc) is 3.62. The van der Waals surface area contributed by atoms with Crippen LogP contribution in [0.25, 0.3) is 22.2 Å². The van der Waals surface area contributed by atoms with Gasteiger partial charge in [-0.3, -0.25) is 9.89 Å². The number of anilines is 1. The molecule has 180 valence electrons. The molecular weight excluding hydrogens is 452 g/mol. The van der Waals surface area contributed by atoms with E-state index in [9.17, 15) is 13.6 Å². The highest BCUT2D eigenvalue weighted by Gasteiger charge is 2.34. The number of halogens is 2. The molecule has 7 nitrogen and oxygen atoms in total. The Balaban J connectivity index is 1.29. The zero-order valence-corrected chi connectivity index (χ0v) is 19.4. The van der Waals surface area contributed by atoms with E-state index in [1.807, 2.05) is 24.3 Å². The van der Waals surface area contributed by atoms with Gasteiger partial charge in [0.1, 0.15) is 0 Å². The monoisotopic (exact) mass is 477 g/mol. The Morgan fingerprint density at radius 2 is 1.91 bits per heavy atom. The molecule has 5 rings (SSSR count). The van der Waals surface area contributed by atoms with Gasteiger partial charge in [0, 0.05) is 35.2 Å². The summed E-state index contributed by atoms with van der Waals surface area (Å²) in [7, 11) is 1.29. The van der Waals surface area contributed by atoms with Crippen molar-refractivity contribution in [3.63, 3.8) is 0 Å². The smallest absolute Gasteiger partial charge is 0.278 e. The van der Waals surface area contributed by atoms with Gasteiger partial charge >= 0.3 is 0 Å². The summed E-state index contributed by atoms with van der Waals surface area (Å²) in [6, 6.07) is 10.9. The average molecular weight is 478 g/mol. The number of alkyl halides is 2. The van der Waals surface area contributed by atoms with Crippen LogP contribution in [0.5, 0.6) is 5.88 Å². The van der Waals surface area contributed by atoms with Crippen molar-refractivity contribution in [2.45, 2.75) is 44.4 Å². The number of amides is 1. The molecule has 1 saturated carbocycles. The first kappa shape index (κ1) is 22.9. The summed E-state index contributed by atoms with van der Waals surface area (Å²) >= 11 is 0. The fourth-order valence-electron chi connectivity index (χ4n) is 4.10. The fourth-order valence-corrected chi connectivity index (χ4v) is 4.10. The molecule has 1 aliphatic carbocycles. The zero-order chi connectivity index (χ0) is 24.6. The van der Waals surface area contributed by atoms with E-state index in [-0.39, 0.29) is 29.5 Å². The molecule has 2 N–H and O–H groups in total. The third kappa shape index (κ3) is 4.71. The summed E-state index contributed by atoms with van der Waals surface area (Å²) < 4.78 is 33.5. The third-order valence-electron chi connectivity index (χ3n) is 6.24. The van der Waals surface area contributed by atoms with Crippen molar-refractivity contribution in [3.05, 3.63) is 65.6 Å². The quantitative estimate of drug-likeness (QED) is 0.345. The van der Waals surface area contributed by atoms with E-state index in [0.29, 0.717) is 5.92 Å². The molecule has 1 aliphatic rings. The van der Waals surface area contributed by atoms with Crippen LogP contribution in [-0.4, -0.2) is 33.2 Å². The van der Waals surface area contributed by atoms with Gasteiger partial charge in [0.2, 0.25) is 11.8 Å². The Morgan fingerprint density at radius 1 is 1.14 bits per heavy atom. The van der Waals surface area contributed by atoms with E-state index >= 15 is 0 Å². The number of rotatable bonds is 8. The third-order valence-corrected chi connectivity index (χ3v) is 6.24. The lowest BCUT2D eigenvalue weighted by atomic mass is 10.0. The number of aromatic amines is 1. The van der Waals surface area contributed by atoms with Crippen LogP contribution in [0.4, 0.5) is 14.5 Å². The second-order valence-corrected chi connectivity index (χ2v) is 8.77. The minimum Gasteiger partial charge on any atom is -0.481 e. The number of aromatic nitrogens is 4. The van der Waals surface area contributed by atoms with Gasteiger partial charge in [0.15, 0.2) is 5.65 Å². The highest BCUT2D eigenvalue weighted by atomic mass is 19.3. The van der Waals surface area contributed by atoms with Crippen molar-refractivity contribution in [2.24, 2.45) is 0 Å². The maximum atomic E-state index is 14.3. The number of ether oxygens (including phenoxy) is 1. The molecule has 9 heteroatoms. The van der Waals surface area contributed by atoms with Crippen molar-refractivity contribution in [1.29, 1.82) is 0 Å². The number of H-pyrrole nitrogens is 1. The predicted molar refractivity (Wildman–Crippen MR) is 129 cm³/mol. The van der Waals surface area contributed by atoms with Gasteiger partial charge in [-0.2, -0.15) is 5.10 Å². The number of hydrogen-bond acceptors (Lipinski definition) is 5. The Hall–Kier alpha value is -3.88. The van der Waals surface area contributed by atoms with Gasteiger partial charge in [-0.15, -0.1) is 0 Å². The normalized spacial score (nSPS) is 13.7. The first-order valence-electron chi connectivity index (χ1n) is 11.5. The summed E-state index contributed by atoms with van der Waals surface area (Å²) in [5.74, 6) is -3.05. The summed E-state index contributed by atoms with van der Waals surface area (Å²) in [4.78, 5) is 21.0. The number of benzene rings is 1. The van der Waals surface area contributed by atoms with Crippen LogP contribution in [-0.2, 0) is 17.1 Å². The minimum atomic E-state index is -3.11. The number of hydrogen-bond donors (Lipinski definition) is 2. The Morgan fingerprint density at radius 3 is 2.60 bits per heavy atom. The zero-order valence-electron chi connectivity index (χ0n) is 19.4. The lowest BCUT2D eigenvalue weighted by Crippen LogP contribution is -2.18. The molecule has 3 heterocycles. The van der Waals surface area contributed by atoms with Crippen molar-refractivity contribution in [3.8, 4) is 17.0 Å². The van der Waals surface area contributed by atoms with E-state index in [1.54, 1.807) is 6.20 Å². The molecule has 4 aromatic rings. The van der Waals surface area contributed by atoms with Crippen LogP contribution in [0.15, 0.2) is 48.8 Å². The van der Waals surface area contributed by atoms with Crippen molar-refractivity contribution < 1.29 is 18.3 Å². The second-order valence-electron chi connectivity index (χ2n) is 8.77. The van der Waals surface area contributed by atoms with Crippen LogP contribution < -0.4 is 10.1 Å². The SMILES string of the molecule is CCC(F)(F)c1cc(NC(=O)Cc2ccc(-c3cnc4n[nH]c(C5CC5)c4c3)cc2)cnc1OC. The second kappa shape index (κ2) is 9.05. The Kier molecular flexibility index (Phi) is 5.92. The van der Waals surface area contributed by atoms with E-state index in [2.05, 4.69) is 31.5 Å². The van der Waals surface area contributed by atoms with Gasteiger partial charge < -0.3 is 10.1 Å². The number of nitrogens with one attached hydrogen (secondary N) is 2. The van der Waals surface area contributed by atoms with E-state index in [0.717, 1.165) is 33.4 Å². The molecule has 35 heavy (non-hydrogen) atoms. The number of carbonyl (C=O) groups is 1. The molecule has 0 spiro atoms. The minimum absolute atomic E-state index is 0.0939. The molecule has 1 fully saturated rings. The van der Waals surface area contributed by atoms with Gasteiger partial charge in [-0.1, -0.05) is 31.2 Å². The van der Waals surface area contributed by atoms with Crippen molar-refractivity contribution in [2.75, 3.05) is 12.4 Å². The molecule has 1 amide bonds. The van der Waals surface area contributed by atoms with Gasteiger partial charge in [-0.25, -0.2) is 18.7 Å². The predicted octanol–water partition coefficient (Wildman–Crippen LogP) is 5.59. The summed E-state index contributed by atoms with van der Waals surface area (Å²) in [6.45, 7) is 1.38. The summed E-state index contributed by atoms with van der Waals surface area (Å²) in [5.41, 5.74) is 4.47. The lowest BCUT2D eigenvalue weighted by Gasteiger charge is -2.18. The Bertz CT molecular complexity index is 1380. The lowest BCUT2D eigenvalue weighted by molar-refractivity contribution is -0.115. The van der Waals surface area contributed by atoms with Gasteiger partial charge in [-0.05, 0) is 36.1 Å². The summed E-state index contributed by atoms with van der Waals surface area (Å²) in [6.07, 6.45) is 5.14. The van der Waals surface area contributed by atoms with Crippen molar-refractivity contribution >= 4 is 22.6 Å². The maximum Gasteiger partial charge on any atom is 0.278 e. The molecule has 0 atom stereocenters. The standard InChI is InChI=1S/C26H25F2N5O2/c1-3-26(27,28)21-12-19(14-30-25(21)35-2)31-22(34)10-15-4-6-16(7-5-15)18-11-20-23(17-8-9-17)32-33-24(20)29-13-18/h4-7,11-14,17H,3,8-10H2,1-2H3,(H,31,34)(H,29,32,33). The number of methoxy groups -OCH3 is 1. The summed E-state index contributed by atoms with van der Waals surface area (Å²) in [5, 5.41) is 11.1. The maximum absolute atomic E-state index is 14.3. The number of pyridine rings is 2. The Labute approximate surface area is 200 Å². The molecule has 0 saturated heterocycles. The van der Waals surface area contributed by atoms with E-state index < -0.39 is 12.3 Å². The molecule has 3 aromatic heterocycles. The van der Waals surface area contributed by atoms with Gasteiger partial charge in [0.05, 0.1) is 31.0 Å².